The van der Waals surface area contributed by atoms with Crippen molar-refractivity contribution < 1.29 is 4.79 Å². The Morgan fingerprint density at radius 2 is 1.85 bits per heavy atom. The van der Waals surface area contributed by atoms with Gasteiger partial charge in [0, 0.05) is 11.9 Å². The van der Waals surface area contributed by atoms with E-state index in [2.05, 4.69) is 11.4 Å². The third kappa shape index (κ3) is 3.62. The third-order valence-electron chi connectivity index (χ3n) is 4.56. The zero-order valence-corrected chi connectivity index (χ0v) is 16.1. The number of rotatable bonds is 4. The fourth-order valence-corrected chi connectivity index (χ4v) is 3.98. The molecule has 0 fully saturated rings. The number of pyridine rings is 1. The average molecular weight is 372 g/mol. The molecule has 0 saturated carbocycles. The number of hydrogen-bond acceptors (Lipinski definition) is 3. The van der Waals surface area contributed by atoms with Crippen LogP contribution in [0.2, 0.25) is 0 Å². The van der Waals surface area contributed by atoms with Crippen molar-refractivity contribution >= 4 is 28.1 Å². The maximum atomic E-state index is 13.0. The van der Waals surface area contributed by atoms with E-state index in [-0.39, 0.29) is 5.91 Å². The summed E-state index contributed by atoms with van der Waals surface area (Å²) in [5, 5.41) is 5.98. The Labute approximate surface area is 162 Å². The fraction of sp³-hybridized carbons (Fsp3) is 0.130. The van der Waals surface area contributed by atoms with Crippen LogP contribution in [-0.2, 0) is 6.54 Å². The van der Waals surface area contributed by atoms with Crippen LogP contribution in [0.15, 0.2) is 66.0 Å². The molecule has 0 atom stereocenters. The lowest BCUT2D eigenvalue weighted by Gasteiger charge is -2.12. The van der Waals surface area contributed by atoms with Gasteiger partial charge in [0.25, 0.3) is 5.91 Å². The number of thiophene rings is 1. The monoisotopic (exact) mass is 372 g/mol. The van der Waals surface area contributed by atoms with Crippen molar-refractivity contribution in [3.05, 3.63) is 88.3 Å². The van der Waals surface area contributed by atoms with Gasteiger partial charge < -0.3 is 5.32 Å². The molecule has 4 aromatic rings. The van der Waals surface area contributed by atoms with Crippen LogP contribution in [0, 0.1) is 13.8 Å². The third-order valence-corrected chi connectivity index (χ3v) is 5.45. The predicted molar refractivity (Wildman–Crippen MR) is 112 cm³/mol. The van der Waals surface area contributed by atoms with Crippen molar-refractivity contribution in [2.75, 3.05) is 0 Å². The summed E-state index contributed by atoms with van der Waals surface area (Å²) in [5.74, 6) is -0.0749. The number of amides is 1. The first-order chi connectivity index (χ1) is 13.1. The second kappa shape index (κ2) is 7.33. The molecular formula is C23H20N2OS. The van der Waals surface area contributed by atoms with Crippen LogP contribution in [0.5, 0.6) is 0 Å². The van der Waals surface area contributed by atoms with Gasteiger partial charge in [-0.15, -0.1) is 11.3 Å². The van der Waals surface area contributed by atoms with Crippen LogP contribution in [0.25, 0.3) is 21.5 Å². The van der Waals surface area contributed by atoms with Gasteiger partial charge in [0.05, 0.1) is 21.7 Å². The number of benzene rings is 2. The molecule has 2 heterocycles. The lowest BCUT2D eigenvalue weighted by atomic mass is 10.0. The van der Waals surface area contributed by atoms with E-state index in [4.69, 9.17) is 4.98 Å². The number of nitrogens with one attached hydrogen (secondary N) is 1. The molecule has 4 heteroatoms. The Bertz CT molecular complexity index is 1100. The normalized spacial score (nSPS) is 10.9. The molecule has 0 bridgehead atoms. The van der Waals surface area contributed by atoms with Crippen LogP contribution in [0.3, 0.4) is 0 Å². The quantitative estimate of drug-likeness (QED) is 0.513. The van der Waals surface area contributed by atoms with Crippen LogP contribution < -0.4 is 5.32 Å². The first-order valence-corrected chi connectivity index (χ1v) is 9.78. The maximum Gasteiger partial charge on any atom is 0.252 e. The van der Waals surface area contributed by atoms with Crippen LogP contribution in [-0.4, -0.2) is 10.9 Å². The lowest BCUT2D eigenvalue weighted by Crippen LogP contribution is -2.23. The largest absolute Gasteiger partial charge is 0.348 e. The molecule has 27 heavy (non-hydrogen) atoms. The van der Waals surface area contributed by atoms with Crippen LogP contribution in [0.4, 0.5) is 0 Å². The number of aryl methyl sites for hydroxylation is 2. The van der Waals surface area contributed by atoms with Crippen molar-refractivity contribution in [2.45, 2.75) is 20.4 Å². The molecule has 0 saturated heterocycles. The summed E-state index contributed by atoms with van der Waals surface area (Å²) in [6, 6.07) is 20.1. The molecule has 3 nitrogen and oxygen atoms in total. The average Bonchev–Trinajstić information content (AvgIpc) is 3.21. The Balaban J connectivity index is 1.78. The van der Waals surface area contributed by atoms with Crippen molar-refractivity contribution in [1.82, 2.24) is 10.3 Å². The molecule has 0 unspecified atom stereocenters. The summed E-state index contributed by atoms with van der Waals surface area (Å²) in [7, 11) is 0. The molecular weight excluding hydrogens is 352 g/mol. The van der Waals surface area contributed by atoms with Gasteiger partial charge in [-0.25, -0.2) is 4.98 Å². The second-order valence-corrected chi connectivity index (χ2v) is 7.63. The van der Waals surface area contributed by atoms with Crippen LogP contribution >= 0.6 is 11.3 Å². The van der Waals surface area contributed by atoms with Crippen molar-refractivity contribution in [1.29, 1.82) is 0 Å². The zero-order valence-electron chi connectivity index (χ0n) is 15.3. The maximum absolute atomic E-state index is 13.0. The smallest absolute Gasteiger partial charge is 0.252 e. The Morgan fingerprint density at radius 1 is 1.04 bits per heavy atom. The van der Waals surface area contributed by atoms with Gasteiger partial charge in [0.15, 0.2) is 0 Å². The minimum absolute atomic E-state index is 0.0749. The number of aromatic nitrogens is 1. The van der Waals surface area contributed by atoms with E-state index in [0.717, 1.165) is 38.2 Å². The van der Waals surface area contributed by atoms with E-state index in [9.17, 15) is 4.79 Å². The number of carbonyl (C=O) groups is 1. The highest BCUT2D eigenvalue weighted by molar-refractivity contribution is 7.13. The van der Waals surface area contributed by atoms with Gasteiger partial charge in [-0.2, -0.15) is 0 Å². The first kappa shape index (κ1) is 17.4. The van der Waals surface area contributed by atoms with Gasteiger partial charge in [-0.05, 0) is 48.6 Å². The molecule has 134 valence electrons. The molecule has 1 amide bonds. The summed E-state index contributed by atoms with van der Waals surface area (Å²) in [4.78, 5) is 19.0. The summed E-state index contributed by atoms with van der Waals surface area (Å²) in [5.41, 5.74) is 5.69. The van der Waals surface area contributed by atoms with E-state index in [1.165, 1.54) is 0 Å². The van der Waals surface area contributed by atoms with Crippen LogP contribution in [0.1, 0.15) is 27.0 Å². The van der Waals surface area contributed by atoms with E-state index in [1.807, 2.05) is 73.8 Å². The minimum Gasteiger partial charge on any atom is -0.348 e. The summed E-state index contributed by atoms with van der Waals surface area (Å²) in [6.45, 7) is 4.60. The van der Waals surface area contributed by atoms with Gasteiger partial charge >= 0.3 is 0 Å². The molecule has 0 spiro atoms. The topological polar surface area (TPSA) is 42.0 Å². The Morgan fingerprint density at radius 3 is 2.59 bits per heavy atom. The molecule has 0 aliphatic heterocycles. The first-order valence-electron chi connectivity index (χ1n) is 8.90. The molecule has 0 aliphatic carbocycles. The highest BCUT2D eigenvalue weighted by atomic mass is 32.1. The minimum atomic E-state index is -0.0749. The van der Waals surface area contributed by atoms with Gasteiger partial charge in [-0.3, -0.25) is 4.79 Å². The highest BCUT2D eigenvalue weighted by Crippen LogP contribution is 2.30. The standard InChI is InChI=1S/C23H20N2OS/c1-15-11-16(2)22-18(12-15)19(13-20(25-22)21-9-6-10-27-21)23(26)24-14-17-7-4-3-5-8-17/h3-13H,14H2,1-2H3,(H,24,26). The zero-order chi connectivity index (χ0) is 18.8. The summed E-state index contributed by atoms with van der Waals surface area (Å²) >= 11 is 1.63. The van der Waals surface area contributed by atoms with Crippen molar-refractivity contribution in [3.63, 3.8) is 0 Å². The SMILES string of the molecule is Cc1cc(C)c2nc(-c3cccs3)cc(C(=O)NCc3ccccc3)c2c1. The lowest BCUT2D eigenvalue weighted by molar-refractivity contribution is 0.0952. The Hall–Kier alpha value is -2.98. The molecule has 2 aromatic carbocycles. The molecule has 2 aromatic heterocycles. The number of nitrogens with zero attached hydrogens (tertiary/aromatic N) is 1. The van der Waals surface area contributed by atoms with Crippen molar-refractivity contribution in [3.8, 4) is 10.6 Å². The molecule has 0 aliphatic rings. The van der Waals surface area contributed by atoms with Gasteiger partial charge in [0.2, 0.25) is 0 Å². The van der Waals surface area contributed by atoms with E-state index >= 15 is 0 Å². The van der Waals surface area contributed by atoms with E-state index in [1.54, 1.807) is 11.3 Å². The fourth-order valence-electron chi connectivity index (χ4n) is 3.29. The van der Waals surface area contributed by atoms with Gasteiger partial charge in [-0.1, -0.05) is 48.0 Å². The Kier molecular flexibility index (Phi) is 4.73. The molecule has 1 N–H and O–H groups in total. The summed E-state index contributed by atoms with van der Waals surface area (Å²) < 4.78 is 0. The molecule has 0 radical (unpaired) electrons. The van der Waals surface area contributed by atoms with Gasteiger partial charge in [0.1, 0.15) is 0 Å². The molecule has 4 rings (SSSR count). The number of hydrogen-bond donors (Lipinski definition) is 1. The number of carbonyl (C=O) groups excluding carboxylic acids is 1. The van der Waals surface area contributed by atoms with Crippen molar-refractivity contribution in [2.24, 2.45) is 0 Å². The summed E-state index contributed by atoms with van der Waals surface area (Å²) in [6.07, 6.45) is 0. The predicted octanol–water partition coefficient (Wildman–Crippen LogP) is 5.51. The van der Waals surface area contributed by atoms with E-state index < -0.39 is 0 Å². The second-order valence-electron chi connectivity index (χ2n) is 6.68. The number of fused-ring (bicyclic) bond motifs is 1. The highest BCUT2D eigenvalue weighted by Gasteiger charge is 2.16. The van der Waals surface area contributed by atoms with E-state index in [0.29, 0.717) is 12.1 Å².